The second kappa shape index (κ2) is 7.60. The smallest absolute Gasteiger partial charge is 0.253 e. The average molecular weight is 360 g/mol. The molecule has 1 fully saturated rings. The zero-order chi connectivity index (χ0) is 18.6. The number of hydrogen-bond donors (Lipinski definition) is 2. The Morgan fingerprint density at radius 3 is 2.85 bits per heavy atom. The van der Waals surface area contributed by atoms with Gasteiger partial charge in [-0.3, -0.25) is 4.79 Å². The molecule has 0 aliphatic carbocycles. The standard InChI is InChI=1S/C22H20N2O3/c25-19-8-3-6-16-11-13-17(23-21(16)19)12-10-15-5-1-2-7-18(15)24-22(26)20-9-4-14-27-20/h1-3,5-8,10-13,20,25H,4,9,14H2,(H,24,26). The largest absolute Gasteiger partial charge is 0.506 e. The molecule has 1 aliphatic heterocycles. The molecule has 1 aliphatic rings. The van der Waals surface area contributed by atoms with Crippen LogP contribution in [0.1, 0.15) is 24.1 Å². The van der Waals surface area contributed by atoms with Crippen molar-refractivity contribution in [2.45, 2.75) is 18.9 Å². The minimum atomic E-state index is -0.368. The summed E-state index contributed by atoms with van der Waals surface area (Å²) in [5.74, 6) is 0.0501. The zero-order valence-corrected chi connectivity index (χ0v) is 14.8. The molecule has 4 rings (SSSR count). The van der Waals surface area contributed by atoms with Gasteiger partial charge in [-0.05, 0) is 42.7 Å². The molecule has 5 nitrogen and oxygen atoms in total. The highest BCUT2D eigenvalue weighted by atomic mass is 16.5. The fourth-order valence-corrected chi connectivity index (χ4v) is 3.17. The van der Waals surface area contributed by atoms with E-state index >= 15 is 0 Å². The third-order valence-electron chi connectivity index (χ3n) is 4.59. The van der Waals surface area contributed by atoms with Gasteiger partial charge in [-0.2, -0.15) is 0 Å². The van der Waals surface area contributed by atoms with Crippen LogP contribution in [-0.2, 0) is 9.53 Å². The fourth-order valence-electron chi connectivity index (χ4n) is 3.17. The zero-order valence-electron chi connectivity index (χ0n) is 14.8. The summed E-state index contributed by atoms with van der Waals surface area (Å²) in [6.07, 6.45) is 5.07. The summed E-state index contributed by atoms with van der Waals surface area (Å²) in [6, 6.07) is 16.7. The van der Waals surface area contributed by atoms with Gasteiger partial charge in [-0.15, -0.1) is 0 Å². The summed E-state index contributed by atoms with van der Waals surface area (Å²) in [4.78, 5) is 16.8. The number of carbonyl (C=O) groups is 1. The summed E-state index contributed by atoms with van der Waals surface area (Å²) in [7, 11) is 0. The van der Waals surface area contributed by atoms with Crippen LogP contribution in [-0.4, -0.2) is 28.7 Å². The molecule has 1 unspecified atom stereocenters. The van der Waals surface area contributed by atoms with Gasteiger partial charge in [0.05, 0.1) is 5.69 Å². The van der Waals surface area contributed by atoms with Gasteiger partial charge < -0.3 is 15.2 Å². The first-order valence-electron chi connectivity index (χ1n) is 8.99. The van der Waals surface area contributed by atoms with E-state index in [0.717, 1.165) is 35.2 Å². The third kappa shape index (κ3) is 3.83. The molecule has 0 saturated carbocycles. The van der Waals surface area contributed by atoms with Crippen molar-refractivity contribution in [2.24, 2.45) is 0 Å². The summed E-state index contributed by atoms with van der Waals surface area (Å²) in [5.41, 5.74) is 2.91. The number of carbonyl (C=O) groups excluding carboxylic acids is 1. The predicted molar refractivity (Wildman–Crippen MR) is 106 cm³/mol. The Labute approximate surface area is 157 Å². The summed E-state index contributed by atoms with van der Waals surface area (Å²) in [6.45, 7) is 0.639. The predicted octanol–water partition coefficient (Wildman–Crippen LogP) is 4.23. The number of fused-ring (bicyclic) bond motifs is 1. The summed E-state index contributed by atoms with van der Waals surface area (Å²) < 4.78 is 5.44. The lowest BCUT2D eigenvalue weighted by molar-refractivity contribution is -0.124. The maximum Gasteiger partial charge on any atom is 0.253 e. The highest BCUT2D eigenvalue weighted by Crippen LogP contribution is 2.24. The van der Waals surface area contributed by atoms with E-state index < -0.39 is 0 Å². The van der Waals surface area contributed by atoms with Gasteiger partial charge in [0, 0.05) is 17.7 Å². The first-order chi connectivity index (χ1) is 13.2. The minimum Gasteiger partial charge on any atom is -0.506 e. The second-order valence-corrected chi connectivity index (χ2v) is 6.50. The SMILES string of the molecule is O=C(Nc1ccccc1C=Cc1ccc2cccc(O)c2n1)C1CCCO1. The van der Waals surface area contributed by atoms with Crippen molar-refractivity contribution >= 4 is 34.6 Å². The Morgan fingerprint density at radius 1 is 1.11 bits per heavy atom. The maximum absolute atomic E-state index is 12.3. The molecule has 2 heterocycles. The molecular weight excluding hydrogens is 340 g/mol. The molecule has 5 heteroatoms. The van der Waals surface area contributed by atoms with Crippen molar-refractivity contribution in [3.63, 3.8) is 0 Å². The fraction of sp³-hybridized carbons (Fsp3) is 0.182. The number of amides is 1. The van der Waals surface area contributed by atoms with Crippen molar-refractivity contribution in [1.82, 2.24) is 4.98 Å². The van der Waals surface area contributed by atoms with Crippen molar-refractivity contribution in [2.75, 3.05) is 11.9 Å². The van der Waals surface area contributed by atoms with Crippen LogP contribution in [0.3, 0.4) is 0 Å². The Balaban J connectivity index is 1.57. The van der Waals surface area contributed by atoms with Crippen LogP contribution in [0.2, 0.25) is 0 Å². The number of nitrogens with one attached hydrogen (secondary N) is 1. The Bertz CT molecular complexity index is 1010. The van der Waals surface area contributed by atoms with Crippen LogP contribution < -0.4 is 5.32 Å². The van der Waals surface area contributed by atoms with Crippen LogP contribution in [0.25, 0.3) is 23.1 Å². The van der Waals surface area contributed by atoms with E-state index in [0.29, 0.717) is 12.1 Å². The quantitative estimate of drug-likeness (QED) is 0.730. The molecule has 0 bridgehead atoms. The van der Waals surface area contributed by atoms with Crippen molar-refractivity contribution < 1.29 is 14.6 Å². The number of para-hydroxylation sites is 2. The molecule has 2 aromatic carbocycles. The number of benzene rings is 2. The summed E-state index contributed by atoms with van der Waals surface area (Å²) >= 11 is 0. The van der Waals surface area contributed by atoms with Gasteiger partial charge in [0.15, 0.2) is 0 Å². The molecule has 0 radical (unpaired) electrons. The molecule has 1 amide bonds. The maximum atomic E-state index is 12.3. The lowest BCUT2D eigenvalue weighted by Crippen LogP contribution is -2.27. The first-order valence-corrected chi connectivity index (χ1v) is 8.99. The van der Waals surface area contributed by atoms with Gasteiger partial charge >= 0.3 is 0 Å². The number of phenolic OH excluding ortho intramolecular Hbond substituents is 1. The van der Waals surface area contributed by atoms with Gasteiger partial charge in [-0.25, -0.2) is 4.98 Å². The molecule has 1 saturated heterocycles. The van der Waals surface area contributed by atoms with E-state index in [1.165, 1.54) is 0 Å². The van der Waals surface area contributed by atoms with Gasteiger partial charge in [0.25, 0.3) is 5.91 Å². The average Bonchev–Trinajstić information content (AvgIpc) is 3.23. The number of phenols is 1. The Kier molecular flexibility index (Phi) is 4.85. The van der Waals surface area contributed by atoms with E-state index in [1.807, 2.05) is 54.6 Å². The van der Waals surface area contributed by atoms with E-state index in [9.17, 15) is 9.90 Å². The molecule has 3 aromatic rings. The van der Waals surface area contributed by atoms with E-state index in [1.54, 1.807) is 12.1 Å². The number of hydrogen-bond acceptors (Lipinski definition) is 4. The molecule has 1 atom stereocenters. The highest BCUT2D eigenvalue weighted by molar-refractivity contribution is 5.96. The van der Waals surface area contributed by atoms with Crippen LogP contribution in [0.5, 0.6) is 5.75 Å². The number of nitrogens with zero attached hydrogens (tertiary/aromatic N) is 1. The Hall–Kier alpha value is -3.18. The molecule has 2 N–H and O–H groups in total. The topological polar surface area (TPSA) is 71.5 Å². The number of ether oxygens (including phenoxy) is 1. The van der Waals surface area contributed by atoms with Gasteiger partial charge in [0.2, 0.25) is 0 Å². The molecule has 0 spiro atoms. The van der Waals surface area contributed by atoms with Crippen LogP contribution in [0.15, 0.2) is 54.6 Å². The molecule has 27 heavy (non-hydrogen) atoms. The highest BCUT2D eigenvalue weighted by Gasteiger charge is 2.23. The molecule has 136 valence electrons. The number of rotatable bonds is 4. The number of aromatic hydroxyl groups is 1. The number of aromatic nitrogens is 1. The first kappa shape index (κ1) is 17.2. The van der Waals surface area contributed by atoms with Gasteiger partial charge in [-0.1, -0.05) is 42.5 Å². The van der Waals surface area contributed by atoms with E-state index in [-0.39, 0.29) is 17.8 Å². The van der Waals surface area contributed by atoms with Gasteiger partial charge in [0.1, 0.15) is 17.4 Å². The monoisotopic (exact) mass is 360 g/mol. The number of pyridine rings is 1. The number of anilines is 1. The molecule has 1 aromatic heterocycles. The summed E-state index contributed by atoms with van der Waals surface area (Å²) in [5, 5.41) is 13.8. The normalized spacial score (nSPS) is 16.8. The minimum absolute atomic E-state index is 0.109. The molecular formula is C22H20N2O3. The Morgan fingerprint density at radius 2 is 2.00 bits per heavy atom. The van der Waals surface area contributed by atoms with Crippen molar-refractivity contribution in [3.05, 3.63) is 65.9 Å². The van der Waals surface area contributed by atoms with Crippen LogP contribution in [0, 0.1) is 0 Å². The lowest BCUT2D eigenvalue weighted by Gasteiger charge is -2.12. The van der Waals surface area contributed by atoms with Crippen molar-refractivity contribution in [1.29, 1.82) is 0 Å². The van der Waals surface area contributed by atoms with Crippen LogP contribution in [0.4, 0.5) is 5.69 Å². The second-order valence-electron chi connectivity index (χ2n) is 6.50. The van der Waals surface area contributed by atoms with E-state index in [2.05, 4.69) is 10.3 Å². The van der Waals surface area contributed by atoms with Crippen molar-refractivity contribution in [3.8, 4) is 5.75 Å². The lowest BCUT2D eigenvalue weighted by atomic mass is 10.1. The van der Waals surface area contributed by atoms with Crippen LogP contribution >= 0.6 is 0 Å². The van der Waals surface area contributed by atoms with E-state index in [4.69, 9.17) is 4.74 Å². The third-order valence-corrected chi connectivity index (χ3v) is 4.59.